The zero-order valence-electron chi connectivity index (χ0n) is 12.5. The summed E-state index contributed by atoms with van der Waals surface area (Å²) in [4.78, 5) is 0. The van der Waals surface area contributed by atoms with Gasteiger partial charge in [-0.25, -0.2) is 0 Å². The highest BCUT2D eigenvalue weighted by Gasteiger charge is 2.14. The third-order valence-corrected chi connectivity index (χ3v) is 2.44. The lowest BCUT2D eigenvalue weighted by Gasteiger charge is -2.12. The molecule has 0 saturated heterocycles. The average Bonchev–Trinajstić information content (AvgIpc) is 2.57. The van der Waals surface area contributed by atoms with Crippen LogP contribution in [-0.2, 0) is 0 Å². The molecule has 0 radical (unpaired) electrons. The summed E-state index contributed by atoms with van der Waals surface area (Å²) in [7, 11) is 0. The highest BCUT2D eigenvalue weighted by atomic mass is 127. The van der Waals surface area contributed by atoms with Gasteiger partial charge in [-0.05, 0) is 19.9 Å². The second kappa shape index (κ2) is 11.8. The van der Waals surface area contributed by atoms with Crippen LogP contribution in [-0.4, -0.2) is 13.2 Å². The topological polar surface area (TPSA) is 21.3 Å². The van der Waals surface area contributed by atoms with Crippen LogP contribution in [0.25, 0.3) is 0 Å². The van der Waals surface area contributed by atoms with Gasteiger partial charge in [0.25, 0.3) is 0 Å². The molecule has 1 unspecified atom stereocenters. The quantitative estimate of drug-likeness (QED) is 0.673. The van der Waals surface area contributed by atoms with Crippen molar-refractivity contribution in [3.8, 4) is 5.75 Å². The summed E-state index contributed by atoms with van der Waals surface area (Å²) >= 11 is 0. The molecule has 0 aromatic heterocycles. The van der Waals surface area contributed by atoms with Crippen molar-refractivity contribution in [2.24, 2.45) is 0 Å². The van der Waals surface area contributed by atoms with Crippen LogP contribution in [0.1, 0.15) is 51.8 Å². The lowest BCUT2D eigenvalue weighted by atomic mass is 10.0. The van der Waals surface area contributed by atoms with Crippen LogP contribution in [0, 0.1) is 6.92 Å². The van der Waals surface area contributed by atoms with E-state index in [1.165, 1.54) is 11.1 Å². The minimum atomic E-state index is 0. The molecule has 2 nitrogen and oxygen atoms in total. The van der Waals surface area contributed by atoms with Crippen molar-refractivity contribution in [2.45, 2.75) is 47.6 Å². The number of aryl methyl sites for hydroxylation is 1. The molecule has 0 fully saturated rings. The molecule has 1 heterocycles. The first kappa shape index (κ1) is 20.0. The van der Waals surface area contributed by atoms with Gasteiger partial charge in [0, 0.05) is 18.2 Å². The van der Waals surface area contributed by atoms with E-state index >= 15 is 0 Å². The van der Waals surface area contributed by atoms with E-state index < -0.39 is 0 Å². The van der Waals surface area contributed by atoms with Gasteiger partial charge >= 0.3 is 0 Å². The first-order valence-corrected chi connectivity index (χ1v) is 6.74. The molecule has 1 atom stereocenters. The van der Waals surface area contributed by atoms with Crippen molar-refractivity contribution in [1.29, 1.82) is 0 Å². The maximum absolute atomic E-state index is 5.61. The number of benzene rings is 1. The maximum Gasteiger partial charge on any atom is 0.124 e. The Balaban J connectivity index is 0. The predicted octanol–water partition coefficient (Wildman–Crippen LogP) is 4.71. The molecule has 0 bridgehead atoms. The van der Waals surface area contributed by atoms with Gasteiger partial charge in [-0.2, -0.15) is 0 Å². The molecular weight excluding hydrogens is 337 g/mol. The number of rotatable bonds is 0. The second-order valence-corrected chi connectivity index (χ2v) is 3.57. The summed E-state index contributed by atoms with van der Waals surface area (Å²) in [6.07, 6.45) is 0. The molecule has 1 aliphatic heterocycles. The fraction of sp³-hybridized carbons (Fsp3) is 0.600. The van der Waals surface area contributed by atoms with E-state index in [0.717, 1.165) is 18.9 Å². The van der Waals surface area contributed by atoms with E-state index in [0.29, 0.717) is 6.04 Å². The summed E-state index contributed by atoms with van der Waals surface area (Å²) in [5.74, 6) is 1.03. The van der Waals surface area contributed by atoms with Crippen molar-refractivity contribution in [3.05, 3.63) is 29.3 Å². The fourth-order valence-electron chi connectivity index (χ4n) is 1.68. The summed E-state index contributed by atoms with van der Waals surface area (Å²) < 4.78 is 5.61. The molecule has 0 spiro atoms. The van der Waals surface area contributed by atoms with Gasteiger partial charge in [-0.15, -0.1) is 24.0 Å². The molecule has 1 aromatic carbocycles. The molecule has 1 aliphatic rings. The van der Waals surface area contributed by atoms with Gasteiger partial charge in [-0.3, -0.25) is 0 Å². The van der Waals surface area contributed by atoms with Crippen LogP contribution in [0.4, 0.5) is 0 Å². The third-order valence-electron chi connectivity index (χ3n) is 2.44. The SMILES string of the molecule is CC.CC.Cc1ccc2c(c1)C(C)NCCO2.I. The van der Waals surface area contributed by atoms with Crippen LogP contribution in [0.5, 0.6) is 5.75 Å². The van der Waals surface area contributed by atoms with Crippen LogP contribution in [0.3, 0.4) is 0 Å². The normalized spacial score (nSPS) is 16.2. The highest BCUT2D eigenvalue weighted by Crippen LogP contribution is 2.27. The Kier molecular flexibility index (Phi) is 13.1. The van der Waals surface area contributed by atoms with Gasteiger partial charge < -0.3 is 10.1 Å². The van der Waals surface area contributed by atoms with Crippen LogP contribution in [0.2, 0.25) is 0 Å². The van der Waals surface area contributed by atoms with Crippen molar-refractivity contribution in [2.75, 3.05) is 13.2 Å². The van der Waals surface area contributed by atoms with Crippen molar-refractivity contribution < 1.29 is 4.74 Å². The van der Waals surface area contributed by atoms with E-state index in [9.17, 15) is 0 Å². The van der Waals surface area contributed by atoms with E-state index in [1.54, 1.807) is 0 Å². The number of fused-ring (bicyclic) bond motifs is 1. The monoisotopic (exact) mass is 365 g/mol. The summed E-state index contributed by atoms with van der Waals surface area (Å²) in [5, 5.41) is 3.40. The van der Waals surface area contributed by atoms with Gasteiger partial charge in [0.15, 0.2) is 0 Å². The second-order valence-electron chi connectivity index (χ2n) is 3.57. The van der Waals surface area contributed by atoms with E-state index in [-0.39, 0.29) is 24.0 Å². The molecule has 106 valence electrons. The summed E-state index contributed by atoms with van der Waals surface area (Å²) in [6, 6.07) is 6.75. The number of halogens is 1. The van der Waals surface area contributed by atoms with E-state index in [1.807, 2.05) is 27.7 Å². The summed E-state index contributed by atoms with van der Waals surface area (Å²) in [5.41, 5.74) is 2.57. The molecular formula is C15H28INO. The Morgan fingerprint density at radius 3 is 2.39 bits per heavy atom. The van der Waals surface area contributed by atoms with Crippen molar-refractivity contribution >= 4 is 24.0 Å². The fourth-order valence-corrected chi connectivity index (χ4v) is 1.68. The van der Waals surface area contributed by atoms with Gasteiger partial charge in [0.2, 0.25) is 0 Å². The van der Waals surface area contributed by atoms with Crippen molar-refractivity contribution in [1.82, 2.24) is 5.32 Å². The smallest absolute Gasteiger partial charge is 0.124 e. The Labute approximate surface area is 130 Å². The van der Waals surface area contributed by atoms with Crippen LogP contribution < -0.4 is 10.1 Å². The molecule has 2 rings (SSSR count). The standard InChI is InChI=1S/C11H15NO.2C2H6.HI/c1-8-3-4-11-10(7-8)9(2)12-5-6-13-11;2*1-2;/h3-4,7,9,12H,5-6H2,1-2H3;2*1-2H3;1H. The maximum atomic E-state index is 5.61. The highest BCUT2D eigenvalue weighted by molar-refractivity contribution is 14.0. The van der Waals surface area contributed by atoms with Crippen LogP contribution >= 0.6 is 24.0 Å². The largest absolute Gasteiger partial charge is 0.492 e. The number of ether oxygens (including phenoxy) is 1. The predicted molar refractivity (Wildman–Crippen MR) is 91.2 cm³/mol. The molecule has 0 saturated carbocycles. The third kappa shape index (κ3) is 6.05. The molecule has 18 heavy (non-hydrogen) atoms. The van der Waals surface area contributed by atoms with Gasteiger partial charge in [-0.1, -0.05) is 45.4 Å². The number of hydrogen-bond donors (Lipinski definition) is 1. The first-order chi connectivity index (χ1) is 8.27. The zero-order valence-corrected chi connectivity index (χ0v) is 14.9. The lowest BCUT2D eigenvalue weighted by molar-refractivity contribution is 0.324. The van der Waals surface area contributed by atoms with Gasteiger partial charge in [0.05, 0.1) is 0 Å². The molecule has 0 aliphatic carbocycles. The lowest BCUT2D eigenvalue weighted by Crippen LogP contribution is -2.20. The number of hydrogen-bond acceptors (Lipinski definition) is 2. The minimum absolute atomic E-state index is 0. The van der Waals surface area contributed by atoms with Crippen LogP contribution in [0.15, 0.2) is 18.2 Å². The average molecular weight is 365 g/mol. The minimum Gasteiger partial charge on any atom is -0.492 e. The molecule has 1 N–H and O–H groups in total. The Hall–Kier alpha value is -0.290. The Morgan fingerprint density at radius 2 is 1.78 bits per heavy atom. The Morgan fingerprint density at radius 1 is 1.17 bits per heavy atom. The molecule has 0 amide bonds. The zero-order chi connectivity index (χ0) is 13.3. The van der Waals surface area contributed by atoms with Crippen molar-refractivity contribution in [3.63, 3.8) is 0 Å². The molecule has 3 heteroatoms. The van der Waals surface area contributed by atoms with E-state index in [4.69, 9.17) is 4.74 Å². The van der Waals surface area contributed by atoms with Gasteiger partial charge in [0.1, 0.15) is 12.4 Å². The first-order valence-electron chi connectivity index (χ1n) is 6.74. The molecule has 1 aromatic rings. The van der Waals surface area contributed by atoms with E-state index in [2.05, 4.69) is 37.4 Å². The number of nitrogens with one attached hydrogen (secondary N) is 1. The summed E-state index contributed by atoms with van der Waals surface area (Å²) in [6.45, 7) is 14.0. The Bertz CT molecular complexity index is 315.